The normalized spacial score (nSPS) is 20.2. The third kappa shape index (κ3) is 2.69. The molecule has 4 aromatic carbocycles. The zero-order valence-corrected chi connectivity index (χ0v) is 19.3. The summed E-state index contributed by atoms with van der Waals surface area (Å²) >= 11 is 1.29. The Bertz CT molecular complexity index is 2010. The maximum absolute atomic E-state index is 8.41. The summed E-state index contributed by atoms with van der Waals surface area (Å²) in [5.74, 6) is 0.249. The lowest BCUT2D eigenvalue weighted by atomic mass is 9.91. The van der Waals surface area contributed by atoms with Crippen LogP contribution in [-0.4, -0.2) is 11.0 Å². The predicted molar refractivity (Wildman–Crippen MR) is 146 cm³/mol. The van der Waals surface area contributed by atoms with E-state index in [9.17, 15) is 0 Å². The van der Waals surface area contributed by atoms with Crippen molar-refractivity contribution in [1.82, 2.24) is 4.98 Å². The second-order valence-electron chi connectivity index (χ2n) is 8.85. The van der Waals surface area contributed by atoms with E-state index in [2.05, 4.69) is 59.5 Å². The lowest BCUT2D eigenvalue weighted by Crippen LogP contribution is -2.28. The second kappa shape index (κ2) is 7.17. The van der Waals surface area contributed by atoms with E-state index in [0.717, 1.165) is 38.9 Å². The average Bonchev–Trinajstić information content (AvgIpc) is 3.67. The molecular formula is C31H20N2OS. The molecule has 6 aromatic rings. The van der Waals surface area contributed by atoms with E-state index in [1.54, 1.807) is 0 Å². The molecule has 0 bridgehead atoms. The zero-order valence-electron chi connectivity index (χ0n) is 22.4. The van der Waals surface area contributed by atoms with Gasteiger partial charge in [0.25, 0.3) is 0 Å². The van der Waals surface area contributed by atoms with Crippen LogP contribution < -0.4 is 4.90 Å². The van der Waals surface area contributed by atoms with E-state index in [4.69, 9.17) is 14.9 Å². The Morgan fingerprint density at radius 1 is 0.886 bits per heavy atom. The number of fused-ring (bicyclic) bond motifs is 7. The van der Waals surface area contributed by atoms with Crippen molar-refractivity contribution in [1.29, 1.82) is 0 Å². The van der Waals surface area contributed by atoms with Crippen LogP contribution in [0.5, 0.6) is 0 Å². The minimum Gasteiger partial charge on any atom is -0.454 e. The summed E-state index contributed by atoms with van der Waals surface area (Å²) in [4.78, 5) is 7.10. The number of anilines is 2. The van der Waals surface area contributed by atoms with Gasteiger partial charge < -0.3 is 9.32 Å². The molecule has 0 saturated carbocycles. The van der Waals surface area contributed by atoms with E-state index >= 15 is 0 Å². The van der Waals surface area contributed by atoms with E-state index in [0.29, 0.717) is 15.2 Å². The fraction of sp³-hybridized carbons (Fsp3) is 0.0645. The van der Waals surface area contributed by atoms with Crippen molar-refractivity contribution in [3.8, 4) is 10.6 Å². The van der Waals surface area contributed by atoms with Crippen molar-refractivity contribution in [3.05, 3.63) is 115 Å². The van der Waals surface area contributed by atoms with Gasteiger partial charge in [0.1, 0.15) is 10.6 Å². The first-order valence-corrected chi connectivity index (χ1v) is 12.4. The van der Waals surface area contributed by atoms with Crippen molar-refractivity contribution in [3.63, 3.8) is 0 Å². The summed E-state index contributed by atoms with van der Waals surface area (Å²) in [6.45, 7) is 0. The van der Waals surface area contributed by atoms with Crippen LogP contribution in [0.4, 0.5) is 11.4 Å². The molecule has 0 fully saturated rings. The van der Waals surface area contributed by atoms with Gasteiger partial charge in [-0.15, -0.1) is 11.3 Å². The molecule has 2 aromatic heterocycles. The van der Waals surface area contributed by atoms with Crippen molar-refractivity contribution in [2.75, 3.05) is 4.90 Å². The molecule has 4 heteroatoms. The smallest absolute Gasteiger partial charge is 0.159 e. The monoisotopic (exact) mass is 472 g/mol. The summed E-state index contributed by atoms with van der Waals surface area (Å²) in [5, 5.41) is 2.53. The SMILES string of the molecule is [2H]c1c([2H])c([2H])c2sc(-c3ccc(N4c5ccccc5C5C=CC=CC54)c4oc5ccccc5c34)nc2c1[2H]. The van der Waals surface area contributed by atoms with Gasteiger partial charge in [-0.1, -0.05) is 72.8 Å². The van der Waals surface area contributed by atoms with Crippen molar-refractivity contribution >= 4 is 54.9 Å². The van der Waals surface area contributed by atoms with Gasteiger partial charge in [-0.2, -0.15) is 0 Å². The highest BCUT2D eigenvalue weighted by molar-refractivity contribution is 7.21. The molecule has 3 heterocycles. The summed E-state index contributed by atoms with van der Waals surface area (Å²) in [6.07, 6.45) is 8.71. The first kappa shape index (κ1) is 15.7. The molecule has 0 N–H and O–H groups in total. The third-order valence-electron chi connectivity index (χ3n) is 7.00. The fourth-order valence-corrected chi connectivity index (χ4v) is 6.44. The molecule has 0 spiro atoms. The summed E-state index contributed by atoms with van der Waals surface area (Å²) in [5.41, 5.74) is 6.07. The number of nitrogens with zero attached hydrogens (tertiary/aromatic N) is 2. The number of hydrogen-bond acceptors (Lipinski definition) is 4. The van der Waals surface area contributed by atoms with Gasteiger partial charge in [0, 0.05) is 27.9 Å². The number of thiazole rings is 1. The van der Waals surface area contributed by atoms with E-state index in [-0.39, 0.29) is 36.1 Å². The molecular weight excluding hydrogens is 448 g/mol. The molecule has 1 aliphatic heterocycles. The molecule has 0 radical (unpaired) electrons. The molecule has 0 saturated heterocycles. The number of aromatic nitrogens is 1. The molecule has 3 nitrogen and oxygen atoms in total. The van der Waals surface area contributed by atoms with Crippen LogP contribution in [0.25, 0.3) is 42.7 Å². The Balaban J connectivity index is 1.42. The first-order chi connectivity index (χ1) is 19.0. The van der Waals surface area contributed by atoms with Crippen LogP contribution in [0.3, 0.4) is 0 Å². The molecule has 0 amide bonds. The maximum atomic E-state index is 8.41. The minimum atomic E-state index is -0.268. The predicted octanol–water partition coefficient (Wildman–Crippen LogP) is 8.59. The van der Waals surface area contributed by atoms with E-state index in [1.165, 1.54) is 16.9 Å². The maximum Gasteiger partial charge on any atom is 0.159 e. The zero-order chi connectivity index (χ0) is 26.4. The highest BCUT2D eigenvalue weighted by atomic mass is 32.1. The lowest BCUT2D eigenvalue weighted by Gasteiger charge is -2.28. The van der Waals surface area contributed by atoms with Crippen molar-refractivity contribution in [2.45, 2.75) is 12.0 Å². The quantitative estimate of drug-likeness (QED) is 0.253. The minimum absolute atomic E-state index is 0.0588. The Labute approximate surface area is 211 Å². The largest absolute Gasteiger partial charge is 0.454 e. The molecule has 166 valence electrons. The first-order valence-electron chi connectivity index (χ1n) is 13.6. The Morgan fingerprint density at radius 2 is 1.74 bits per heavy atom. The Morgan fingerprint density at radius 3 is 2.74 bits per heavy atom. The highest BCUT2D eigenvalue weighted by Gasteiger charge is 2.38. The van der Waals surface area contributed by atoms with Crippen LogP contribution in [0, 0.1) is 0 Å². The van der Waals surface area contributed by atoms with Gasteiger partial charge in [0.15, 0.2) is 5.58 Å². The second-order valence-corrected chi connectivity index (χ2v) is 9.85. The average molecular weight is 473 g/mol. The van der Waals surface area contributed by atoms with Gasteiger partial charge >= 0.3 is 0 Å². The molecule has 2 unspecified atom stereocenters. The number of allylic oxidation sites excluding steroid dienone is 2. The molecule has 2 atom stereocenters. The molecule has 35 heavy (non-hydrogen) atoms. The Kier molecular flexibility index (Phi) is 3.22. The molecule has 8 rings (SSSR count). The summed E-state index contributed by atoms with van der Waals surface area (Å²) in [6, 6.07) is 20.0. The topological polar surface area (TPSA) is 29.3 Å². The summed E-state index contributed by atoms with van der Waals surface area (Å²) < 4.78 is 40.0. The van der Waals surface area contributed by atoms with Gasteiger partial charge in [0.05, 0.1) is 27.4 Å². The van der Waals surface area contributed by atoms with E-state index < -0.39 is 0 Å². The molecule has 2 aliphatic rings. The lowest BCUT2D eigenvalue weighted by molar-refractivity contribution is 0.663. The Hall–Kier alpha value is -4.15. The van der Waals surface area contributed by atoms with Gasteiger partial charge in [-0.05, 0) is 41.9 Å². The standard InChI is InChI=1S/C31H20N2OS/c1-5-13-24-19(9-1)20-10-2-6-14-25(20)33(24)26-18-17-22(31-32-23-12-4-8-16-28(23)35-31)29-21-11-3-7-15-27(21)34-30(26)29/h1-19,24H/i4D,8D,12D,16D. The number of hydrogen-bond donors (Lipinski definition) is 0. The van der Waals surface area contributed by atoms with E-state index in [1.807, 2.05) is 30.3 Å². The van der Waals surface area contributed by atoms with Crippen LogP contribution in [-0.2, 0) is 0 Å². The summed E-state index contributed by atoms with van der Waals surface area (Å²) in [7, 11) is 0. The number of furan rings is 1. The van der Waals surface area contributed by atoms with Crippen LogP contribution in [0.1, 0.15) is 17.0 Å². The number of rotatable bonds is 2. The van der Waals surface area contributed by atoms with Crippen molar-refractivity contribution in [2.24, 2.45) is 0 Å². The van der Waals surface area contributed by atoms with Crippen LogP contribution >= 0.6 is 11.3 Å². The number of para-hydroxylation sites is 3. The number of benzene rings is 4. The van der Waals surface area contributed by atoms with Crippen LogP contribution in [0.2, 0.25) is 0 Å². The highest BCUT2D eigenvalue weighted by Crippen LogP contribution is 2.51. The fourth-order valence-electron chi connectivity index (χ4n) is 5.54. The molecule has 1 aliphatic carbocycles. The van der Waals surface area contributed by atoms with Gasteiger partial charge in [0.2, 0.25) is 0 Å². The van der Waals surface area contributed by atoms with Crippen molar-refractivity contribution < 1.29 is 9.90 Å². The third-order valence-corrected chi connectivity index (χ3v) is 8.01. The van der Waals surface area contributed by atoms with Gasteiger partial charge in [-0.25, -0.2) is 4.98 Å². The van der Waals surface area contributed by atoms with Crippen LogP contribution in [0.15, 0.2) is 114 Å². The van der Waals surface area contributed by atoms with Gasteiger partial charge in [-0.3, -0.25) is 0 Å².